The van der Waals surface area contributed by atoms with Crippen molar-refractivity contribution in [2.24, 2.45) is 0 Å². The Morgan fingerprint density at radius 2 is 2.38 bits per heavy atom. The van der Waals surface area contributed by atoms with Crippen LogP contribution in [0, 0.1) is 0 Å². The minimum Gasteiger partial charge on any atom is -0.480 e. The van der Waals surface area contributed by atoms with Gasteiger partial charge in [0.05, 0.1) is 0 Å². The molecule has 4 nitrogen and oxygen atoms in total. The zero-order valence-electron chi connectivity index (χ0n) is 9.68. The fourth-order valence-electron chi connectivity index (χ4n) is 1.60. The van der Waals surface area contributed by atoms with Crippen LogP contribution in [-0.2, 0) is 4.79 Å². The molecule has 0 aliphatic carbocycles. The summed E-state index contributed by atoms with van der Waals surface area (Å²) in [7, 11) is 0. The van der Waals surface area contributed by atoms with E-state index in [4.69, 9.17) is 5.11 Å². The summed E-state index contributed by atoms with van der Waals surface area (Å²) in [5.41, 5.74) is 1.00. The van der Waals surface area contributed by atoms with Crippen molar-refractivity contribution < 1.29 is 9.90 Å². The third-order valence-corrected chi connectivity index (χ3v) is 2.51. The first-order valence-corrected chi connectivity index (χ1v) is 5.54. The van der Waals surface area contributed by atoms with Gasteiger partial charge in [-0.3, -0.25) is 15.1 Å². The summed E-state index contributed by atoms with van der Waals surface area (Å²) in [5, 5.41) is 12.1. The van der Waals surface area contributed by atoms with Crippen LogP contribution in [0.5, 0.6) is 0 Å². The zero-order chi connectivity index (χ0) is 12.0. The van der Waals surface area contributed by atoms with E-state index in [1.807, 2.05) is 26.0 Å². The lowest BCUT2D eigenvalue weighted by Crippen LogP contribution is -2.38. The molecule has 0 amide bonds. The minimum atomic E-state index is -0.794. The Morgan fingerprint density at radius 1 is 1.62 bits per heavy atom. The molecule has 0 aliphatic rings. The number of carboxylic acid groups (broad SMARTS) is 1. The average molecular weight is 222 g/mol. The van der Waals surface area contributed by atoms with E-state index >= 15 is 0 Å². The topological polar surface area (TPSA) is 62.2 Å². The van der Waals surface area contributed by atoms with Gasteiger partial charge in [0.15, 0.2) is 0 Å². The molecule has 0 aliphatic heterocycles. The molecule has 1 unspecified atom stereocenters. The number of hydrogen-bond acceptors (Lipinski definition) is 3. The van der Waals surface area contributed by atoms with Crippen LogP contribution >= 0.6 is 0 Å². The Bertz CT molecular complexity index is 327. The van der Waals surface area contributed by atoms with E-state index in [9.17, 15) is 4.79 Å². The number of aliphatic carboxylic acids is 1. The molecule has 0 saturated heterocycles. The van der Waals surface area contributed by atoms with Crippen LogP contribution in [0.3, 0.4) is 0 Å². The van der Waals surface area contributed by atoms with Crippen molar-refractivity contribution in [2.75, 3.05) is 0 Å². The Kier molecular flexibility index (Phi) is 4.92. The van der Waals surface area contributed by atoms with Gasteiger partial charge in [-0.2, -0.15) is 0 Å². The normalized spacial score (nSPS) is 14.4. The van der Waals surface area contributed by atoms with Crippen molar-refractivity contribution in [1.82, 2.24) is 10.3 Å². The molecule has 0 saturated carbocycles. The van der Waals surface area contributed by atoms with Gasteiger partial charge in [0, 0.05) is 18.4 Å². The van der Waals surface area contributed by atoms with Gasteiger partial charge in [-0.1, -0.05) is 19.4 Å². The van der Waals surface area contributed by atoms with E-state index in [0.717, 1.165) is 12.0 Å². The monoisotopic (exact) mass is 222 g/mol. The van der Waals surface area contributed by atoms with Crippen molar-refractivity contribution in [3.05, 3.63) is 30.1 Å². The molecule has 0 aromatic carbocycles. The van der Waals surface area contributed by atoms with Crippen LogP contribution in [-0.4, -0.2) is 22.1 Å². The Morgan fingerprint density at radius 3 is 2.88 bits per heavy atom. The minimum absolute atomic E-state index is 0.00125. The molecule has 2 N–H and O–H groups in total. The van der Waals surface area contributed by atoms with E-state index in [1.165, 1.54) is 0 Å². The Labute approximate surface area is 95.7 Å². The first-order valence-electron chi connectivity index (χ1n) is 5.54. The van der Waals surface area contributed by atoms with E-state index in [-0.39, 0.29) is 6.04 Å². The fourth-order valence-corrected chi connectivity index (χ4v) is 1.60. The average Bonchev–Trinajstić information content (AvgIpc) is 2.29. The molecule has 2 atom stereocenters. The summed E-state index contributed by atoms with van der Waals surface area (Å²) in [6.07, 6.45) is 4.95. The Hall–Kier alpha value is -1.42. The maximum Gasteiger partial charge on any atom is 0.320 e. The van der Waals surface area contributed by atoms with Gasteiger partial charge in [-0.25, -0.2) is 0 Å². The molecule has 1 aromatic rings. The van der Waals surface area contributed by atoms with Crippen molar-refractivity contribution >= 4 is 5.97 Å². The molecule has 88 valence electrons. The smallest absolute Gasteiger partial charge is 0.320 e. The van der Waals surface area contributed by atoms with E-state index in [2.05, 4.69) is 10.3 Å². The molecular weight excluding hydrogens is 204 g/mol. The number of carboxylic acids is 1. The number of nitrogens with zero attached hydrogens (tertiary/aromatic N) is 1. The van der Waals surface area contributed by atoms with Crippen LogP contribution in [0.2, 0.25) is 0 Å². The maximum absolute atomic E-state index is 11.0. The SMILES string of the molecule is CCCC(N[C@H](C)c1cccnc1)C(=O)O. The predicted molar refractivity (Wildman–Crippen MR) is 62.1 cm³/mol. The van der Waals surface area contributed by atoms with Gasteiger partial charge in [0.1, 0.15) is 6.04 Å². The molecule has 0 fully saturated rings. The van der Waals surface area contributed by atoms with Crippen LogP contribution in [0.4, 0.5) is 0 Å². The molecule has 0 radical (unpaired) electrons. The molecule has 1 rings (SSSR count). The molecular formula is C12H18N2O2. The second-order valence-corrected chi connectivity index (χ2v) is 3.85. The lowest BCUT2D eigenvalue weighted by atomic mass is 10.1. The molecule has 0 bridgehead atoms. The van der Waals surface area contributed by atoms with Crippen molar-refractivity contribution in [3.8, 4) is 0 Å². The molecule has 1 heterocycles. The summed E-state index contributed by atoms with van der Waals surface area (Å²) in [6, 6.07) is 3.31. The standard InChI is InChI=1S/C12H18N2O2/c1-3-5-11(12(15)16)14-9(2)10-6-4-7-13-8-10/h4,6-9,11,14H,3,5H2,1-2H3,(H,15,16)/t9-,11?/m1/s1. The lowest BCUT2D eigenvalue weighted by Gasteiger charge is -2.19. The Balaban J connectivity index is 2.61. The van der Waals surface area contributed by atoms with Gasteiger partial charge in [0.25, 0.3) is 0 Å². The third kappa shape index (κ3) is 3.62. The fraction of sp³-hybridized carbons (Fsp3) is 0.500. The molecule has 1 aromatic heterocycles. The van der Waals surface area contributed by atoms with Gasteiger partial charge in [0.2, 0.25) is 0 Å². The lowest BCUT2D eigenvalue weighted by molar-refractivity contribution is -0.139. The highest BCUT2D eigenvalue weighted by molar-refractivity contribution is 5.73. The summed E-state index contributed by atoms with van der Waals surface area (Å²) in [5.74, 6) is -0.794. The number of pyridine rings is 1. The van der Waals surface area contributed by atoms with Crippen molar-refractivity contribution in [2.45, 2.75) is 38.8 Å². The summed E-state index contributed by atoms with van der Waals surface area (Å²) >= 11 is 0. The number of aromatic nitrogens is 1. The van der Waals surface area contributed by atoms with Crippen LogP contribution in [0.1, 0.15) is 38.3 Å². The highest BCUT2D eigenvalue weighted by Gasteiger charge is 2.18. The van der Waals surface area contributed by atoms with Crippen molar-refractivity contribution in [3.63, 3.8) is 0 Å². The summed E-state index contributed by atoms with van der Waals surface area (Å²) < 4.78 is 0. The predicted octanol–water partition coefficient (Wildman–Crippen LogP) is 1.99. The van der Waals surface area contributed by atoms with Gasteiger partial charge >= 0.3 is 5.97 Å². The largest absolute Gasteiger partial charge is 0.480 e. The zero-order valence-corrected chi connectivity index (χ0v) is 9.68. The van der Waals surface area contributed by atoms with Crippen LogP contribution in [0.25, 0.3) is 0 Å². The molecule has 4 heteroatoms. The van der Waals surface area contributed by atoms with Gasteiger partial charge in [-0.05, 0) is 25.0 Å². The molecule has 0 spiro atoms. The van der Waals surface area contributed by atoms with E-state index < -0.39 is 12.0 Å². The quantitative estimate of drug-likeness (QED) is 0.772. The van der Waals surface area contributed by atoms with Gasteiger partial charge in [-0.15, -0.1) is 0 Å². The van der Waals surface area contributed by atoms with Crippen LogP contribution < -0.4 is 5.32 Å². The number of hydrogen-bond donors (Lipinski definition) is 2. The maximum atomic E-state index is 11.0. The first kappa shape index (κ1) is 12.6. The summed E-state index contributed by atoms with van der Waals surface area (Å²) in [6.45, 7) is 3.93. The highest BCUT2D eigenvalue weighted by atomic mass is 16.4. The third-order valence-electron chi connectivity index (χ3n) is 2.51. The number of rotatable bonds is 6. The first-order chi connectivity index (χ1) is 7.65. The molecule has 16 heavy (non-hydrogen) atoms. The number of nitrogens with one attached hydrogen (secondary N) is 1. The van der Waals surface area contributed by atoms with Crippen LogP contribution in [0.15, 0.2) is 24.5 Å². The highest BCUT2D eigenvalue weighted by Crippen LogP contribution is 2.12. The second-order valence-electron chi connectivity index (χ2n) is 3.85. The number of carbonyl (C=O) groups is 1. The van der Waals surface area contributed by atoms with E-state index in [1.54, 1.807) is 12.4 Å². The van der Waals surface area contributed by atoms with Crippen molar-refractivity contribution in [1.29, 1.82) is 0 Å². The van der Waals surface area contributed by atoms with Gasteiger partial charge < -0.3 is 5.11 Å². The summed E-state index contributed by atoms with van der Waals surface area (Å²) in [4.78, 5) is 15.0. The second kappa shape index (κ2) is 6.23. The van der Waals surface area contributed by atoms with E-state index in [0.29, 0.717) is 6.42 Å².